The SMILES string of the molecule is C#C[C@@]12O[C@H]1[C@H](C)[C@@H]1C[C@](C)(C/C=C/C=C(\C)Cc3cc(OC)c(Cl)c(c3)N(C)C(=O)C[C@@H]2OC(=O)[C@H](C)N(C)C(=O)CCSC2CC(=O)N(CC3CCC(C(=O)NC)CC3)C2=O)NC(=O)O1. The predicted molar refractivity (Wildman–Crippen MR) is 253 cm³/mol. The maximum Gasteiger partial charge on any atom is 0.407 e. The summed E-state index contributed by atoms with van der Waals surface area (Å²) in [4.78, 5) is 97.2. The molecule has 3 saturated heterocycles. The monoisotopic (exact) mass is 965 g/mol. The fourth-order valence-corrected chi connectivity index (χ4v) is 11.0. The highest BCUT2D eigenvalue weighted by atomic mass is 35.5. The van der Waals surface area contributed by atoms with Gasteiger partial charge in [-0.05, 0) is 82.9 Å². The first-order chi connectivity index (χ1) is 31.7. The smallest absolute Gasteiger partial charge is 0.407 e. The number of esters is 1. The number of thioether (sulfide) groups is 1. The van der Waals surface area contributed by atoms with Crippen LogP contribution >= 0.6 is 23.4 Å². The van der Waals surface area contributed by atoms with E-state index in [9.17, 15) is 33.6 Å². The summed E-state index contributed by atoms with van der Waals surface area (Å²) in [6.45, 7) is 7.57. The first-order valence-electron chi connectivity index (χ1n) is 23.0. The van der Waals surface area contributed by atoms with Gasteiger partial charge in [0, 0.05) is 70.1 Å². The highest BCUT2D eigenvalue weighted by molar-refractivity contribution is 8.00. The number of carbonyl (C=O) groups is 7. The van der Waals surface area contributed by atoms with Crippen molar-refractivity contribution in [2.45, 2.75) is 133 Å². The summed E-state index contributed by atoms with van der Waals surface area (Å²) in [5.41, 5.74) is -0.0748. The summed E-state index contributed by atoms with van der Waals surface area (Å²) in [6, 6.07) is 2.47. The van der Waals surface area contributed by atoms with E-state index >= 15 is 0 Å². The van der Waals surface area contributed by atoms with Crippen LogP contribution in [0.2, 0.25) is 5.02 Å². The van der Waals surface area contributed by atoms with Crippen molar-refractivity contribution in [3.8, 4) is 18.1 Å². The van der Waals surface area contributed by atoms with Gasteiger partial charge < -0.3 is 39.4 Å². The van der Waals surface area contributed by atoms with Crippen LogP contribution in [0.1, 0.15) is 91.0 Å². The Morgan fingerprint density at radius 2 is 1.85 bits per heavy atom. The second kappa shape index (κ2) is 21.5. The van der Waals surface area contributed by atoms with Crippen LogP contribution in [0.25, 0.3) is 0 Å². The third-order valence-corrected chi connectivity index (χ3v) is 15.6. The molecule has 5 aliphatic rings. The first-order valence-corrected chi connectivity index (χ1v) is 24.4. The molecule has 16 nitrogen and oxygen atoms in total. The number of amides is 6. The number of anilines is 1. The molecule has 4 fully saturated rings. The number of allylic oxidation sites excluding steroid dienone is 3. The lowest BCUT2D eigenvalue weighted by molar-refractivity contribution is -0.161. The molecule has 8 atom stereocenters. The van der Waals surface area contributed by atoms with Crippen molar-refractivity contribution in [2.24, 2.45) is 17.8 Å². The highest BCUT2D eigenvalue weighted by Gasteiger charge is 2.67. The van der Waals surface area contributed by atoms with Gasteiger partial charge in [-0.15, -0.1) is 18.2 Å². The second-order valence-corrected chi connectivity index (χ2v) is 20.6. The fraction of sp³-hybridized carbons (Fsp3) is 0.612. The standard InChI is InChI=1S/C49H64ClN5O11S/c1-10-49-38(65-46(61)30(4)53(7)39(56)18-20-67-37-24-41(58)55(45(37)60)27-31-14-16-33(17-15-31)44(59)51-6)25-40(57)54(8)34-22-32(23-35(63-9)42(34)50)21-28(2)13-11-12-19-48(5)26-36(64-47(62)52-48)29(3)43(49)66-49/h1,11-13,22-23,29-31,33,36-38,43H,14-21,24-27H2,2-9H3,(H,51,59)(H,52,62)/b12-11+,28-13+/t29-,30+,31?,33?,36+,37?,38+,43+,48+,49+/m1/s1. The lowest BCUT2D eigenvalue weighted by atomic mass is 9.80. The maximum atomic E-state index is 14.4. The van der Waals surface area contributed by atoms with Gasteiger partial charge in [-0.25, -0.2) is 9.59 Å². The Morgan fingerprint density at radius 3 is 2.52 bits per heavy atom. The maximum absolute atomic E-state index is 14.4. The Bertz CT molecular complexity index is 2220. The molecule has 4 heterocycles. The quantitative estimate of drug-likeness (QED) is 0.125. The summed E-state index contributed by atoms with van der Waals surface area (Å²) in [5, 5.41) is 5.22. The molecule has 4 bridgehead atoms. The van der Waals surface area contributed by atoms with Gasteiger partial charge in [0.05, 0.1) is 24.5 Å². The van der Waals surface area contributed by atoms with Crippen molar-refractivity contribution in [3.05, 3.63) is 46.5 Å². The third kappa shape index (κ3) is 11.6. The normalized spacial score (nSPS) is 31.8. The number of rotatable bonds is 11. The number of imide groups is 1. The Balaban J connectivity index is 1.15. The Hall–Kier alpha value is -5.05. The van der Waals surface area contributed by atoms with Crippen LogP contribution in [-0.2, 0) is 49.4 Å². The Morgan fingerprint density at radius 1 is 1.13 bits per heavy atom. The molecular formula is C49H64ClN5O11S. The van der Waals surface area contributed by atoms with Crippen molar-refractivity contribution in [1.29, 1.82) is 0 Å². The number of hydrogen-bond acceptors (Lipinski definition) is 12. The number of alkyl carbamates (subject to hydrolysis) is 1. The molecule has 0 aromatic heterocycles. The number of benzene rings is 1. The second-order valence-electron chi connectivity index (χ2n) is 18.9. The van der Waals surface area contributed by atoms with E-state index in [0.29, 0.717) is 50.1 Å². The molecule has 1 aromatic carbocycles. The summed E-state index contributed by atoms with van der Waals surface area (Å²) in [7, 11) is 6.11. The van der Waals surface area contributed by atoms with Gasteiger partial charge >= 0.3 is 12.1 Å². The number of likely N-dealkylation sites (tertiary alicyclic amines) is 1. The highest BCUT2D eigenvalue weighted by Crippen LogP contribution is 2.49. The number of nitrogens with zero attached hydrogens (tertiary/aromatic N) is 3. The molecule has 364 valence electrons. The first kappa shape index (κ1) is 51.3. The lowest BCUT2D eigenvalue weighted by Crippen LogP contribution is -2.56. The Kier molecular flexibility index (Phi) is 16.5. The van der Waals surface area contributed by atoms with Gasteiger partial charge in [-0.2, -0.15) is 0 Å². The minimum atomic E-state index is -1.60. The average molecular weight is 967 g/mol. The number of terminal acetylenes is 1. The lowest BCUT2D eigenvalue weighted by Gasteiger charge is -2.40. The molecule has 18 heteroatoms. The van der Waals surface area contributed by atoms with E-state index in [1.165, 1.54) is 47.5 Å². The van der Waals surface area contributed by atoms with Gasteiger partial charge in [-0.1, -0.05) is 48.2 Å². The van der Waals surface area contributed by atoms with Crippen LogP contribution in [-0.4, -0.2) is 133 Å². The van der Waals surface area contributed by atoms with E-state index in [0.717, 1.165) is 24.0 Å². The molecule has 1 aromatic rings. The van der Waals surface area contributed by atoms with E-state index in [2.05, 4.69) is 16.6 Å². The zero-order chi connectivity index (χ0) is 49.0. The van der Waals surface area contributed by atoms with Crippen molar-refractivity contribution < 1.29 is 52.5 Å². The van der Waals surface area contributed by atoms with Crippen LogP contribution in [0.15, 0.2) is 35.9 Å². The van der Waals surface area contributed by atoms with E-state index < -0.39 is 77.0 Å². The van der Waals surface area contributed by atoms with Gasteiger partial charge in [-0.3, -0.25) is 28.9 Å². The molecule has 2 N–H and O–H groups in total. The number of likely N-dealkylation sites (N-methyl/N-ethyl adjacent to an activating group) is 1. The summed E-state index contributed by atoms with van der Waals surface area (Å²) in [5.74, 6) is 0.580. The molecule has 6 amide bonds. The molecule has 0 radical (unpaired) electrons. The molecular weight excluding hydrogens is 902 g/mol. The molecule has 0 spiro atoms. The van der Waals surface area contributed by atoms with Gasteiger partial charge in [0.15, 0.2) is 11.7 Å². The van der Waals surface area contributed by atoms with Crippen LogP contribution < -0.4 is 20.3 Å². The van der Waals surface area contributed by atoms with E-state index in [1.807, 2.05) is 39.0 Å². The Labute approximate surface area is 402 Å². The number of hydrogen-bond donors (Lipinski definition) is 2. The number of halogens is 1. The number of methoxy groups -OCH3 is 1. The third-order valence-electron chi connectivity index (χ3n) is 14.0. The molecule has 67 heavy (non-hydrogen) atoms. The molecule has 1 unspecified atom stereocenters. The largest absolute Gasteiger partial charge is 0.495 e. The van der Waals surface area contributed by atoms with Crippen molar-refractivity contribution >= 4 is 70.6 Å². The van der Waals surface area contributed by atoms with E-state index in [1.54, 1.807) is 26.2 Å². The van der Waals surface area contributed by atoms with E-state index in [4.69, 9.17) is 37.0 Å². The van der Waals surface area contributed by atoms with Crippen molar-refractivity contribution in [2.75, 3.05) is 45.5 Å². The zero-order valence-electron chi connectivity index (χ0n) is 39.7. The van der Waals surface area contributed by atoms with Crippen molar-refractivity contribution in [1.82, 2.24) is 20.4 Å². The predicted octanol–water partition coefficient (Wildman–Crippen LogP) is 5.38. The summed E-state index contributed by atoms with van der Waals surface area (Å²) < 4.78 is 23.8. The molecule has 4 aliphatic heterocycles. The minimum Gasteiger partial charge on any atom is -0.495 e. The zero-order valence-corrected chi connectivity index (χ0v) is 41.3. The van der Waals surface area contributed by atoms with Gasteiger partial charge in [0.1, 0.15) is 29.0 Å². The van der Waals surface area contributed by atoms with Crippen LogP contribution in [0, 0.1) is 30.1 Å². The van der Waals surface area contributed by atoms with Crippen LogP contribution in [0.5, 0.6) is 5.75 Å². The molecule has 1 aliphatic carbocycles. The topological polar surface area (TPSA) is 193 Å². The average Bonchev–Trinajstić information content (AvgIpc) is 3.99. The number of fused-ring (bicyclic) bond motifs is 5. The number of ether oxygens (including phenoxy) is 4. The van der Waals surface area contributed by atoms with Crippen LogP contribution in [0.4, 0.5) is 10.5 Å². The van der Waals surface area contributed by atoms with Gasteiger partial charge in [0.25, 0.3) is 0 Å². The number of nitrogens with one attached hydrogen (secondary N) is 2. The minimum absolute atomic E-state index is 0.0164. The van der Waals surface area contributed by atoms with Crippen molar-refractivity contribution in [3.63, 3.8) is 0 Å². The van der Waals surface area contributed by atoms with Gasteiger partial charge in [0.2, 0.25) is 29.5 Å². The summed E-state index contributed by atoms with van der Waals surface area (Å²) >= 11 is 8.04. The molecule has 6 rings (SSSR count). The number of carbonyl (C=O) groups excluding carboxylic acids is 7. The fourth-order valence-electron chi connectivity index (χ4n) is 9.62. The summed E-state index contributed by atoms with van der Waals surface area (Å²) in [6.07, 6.45) is 12.7. The number of epoxide rings is 1. The van der Waals surface area contributed by atoms with Crippen LogP contribution in [0.3, 0.4) is 0 Å². The van der Waals surface area contributed by atoms with E-state index in [-0.39, 0.29) is 53.2 Å². The molecule has 1 saturated carbocycles.